The minimum absolute atomic E-state index is 0.0216. The average Bonchev–Trinajstić information content (AvgIpc) is 3.54. The number of amides is 2. The van der Waals surface area contributed by atoms with Crippen LogP contribution in [0.25, 0.3) is 5.65 Å². The number of hydrogen-bond donors (Lipinski definition) is 3. The third kappa shape index (κ3) is 5.30. The Morgan fingerprint density at radius 2 is 1.90 bits per heavy atom. The summed E-state index contributed by atoms with van der Waals surface area (Å²) in [6, 6.07) is 11.0. The Morgan fingerprint density at radius 1 is 1.12 bits per heavy atom. The number of para-hydroxylation sites is 1. The molecule has 0 fully saturated rings. The predicted octanol–water partition coefficient (Wildman–Crippen LogP) is 3.98. The number of carbonyl (C=O) groups excluding carboxylic acids is 2. The highest BCUT2D eigenvalue weighted by Crippen LogP contribution is 2.35. The minimum atomic E-state index is -4.89. The van der Waals surface area contributed by atoms with Crippen LogP contribution in [0.15, 0.2) is 54.7 Å². The molecule has 3 N–H and O–H groups in total. The van der Waals surface area contributed by atoms with E-state index < -0.39 is 29.9 Å². The zero-order chi connectivity index (χ0) is 28.6. The highest BCUT2D eigenvalue weighted by atomic mass is 19.4. The molecule has 1 aliphatic carbocycles. The molecular formula is C27H22F3N5O5. The fourth-order valence-corrected chi connectivity index (χ4v) is 4.83. The summed E-state index contributed by atoms with van der Waals surface area (Å²) in [6.07, 6.45) is -2.33. The predicted molar refractivity (Wildman–Crippen MR) is 134 cm³/mol. The number of nitrogens with zero attached hydrogens (tertiary/aromatic N) is 3. The summed E-state index contributed by atoms with van der Waals surface area (Å²) in [6.45, 7) is 1.45. The van der Waals surface area contributed by atoms with Crippen molar-refractivity contribution in [3.63, 3.8) is 0 Å². The zero-order valence-corrected chi connectivity index (χ0v) is 21.0. The summed E-state index contributed by atoms with van der Waals surface area (Å²) < 4.78 is 43.5. The molecule has 206 valence electrons. The molecule has 2 aromatic carbocycles. The Labute approximate surface area is 224 Å². The summed E-state index contributed by atoms with van der Waals surface area (Å²) in [7, 11) is 0. The van der Waals surface area contributed by atoms with Gasteiger partial charge < -0.3 is 20.5 Å². The highest BCUT2D eigenvalue weighted by Gasteiger charge is 2.32. The molecule has 0 spiro atoms. The second kappa shape index (κ2) is 10.3. The lowest BCUT2D eigenvalue weighted by Gasteiger charge is -2.16. The zero-order valence-electron chi connectivity index (χ0n) is 21.0. The maximum Gasteiger partial charge on any atom is 0.573 e. The first-order chi connectivity index (χ1) is 19.0. The van der Waals surface area contributed by atoms with Crippen LogP contribution in [-0.4, -0.2) is 43.9 Å². The van der Waals surface area contributed by atoms with Crippen molar-refractivity contribution >= 4 is 23.4 Å². The van der Waals surface area contributed by atoms with Crippen LogP contribution in [0, 0.1) is 6.92 Å². The van der Waals surface area contributed by atoms with Gasteiger partial charge in [-0.3, -0.25) is 9.59 Å². The number of carbonyl (C=O) groups is 3. The van der Waals surface area contributed by atoms with E-state index in [-0.39, 0.29) is 40.7 Å². The molecule has 13 heteroatoms. The number of nitrogens with one attached hydrogen (secondary N) is 2. The van der Waals surface area contributed by atoms with Crippen LogP contribution in [0.4, 0.5) is 13.2 Å². The third-order valence-corrected chi connectivity index (χ3v) is 6.69. The van der Waals surface area contributed by atoms with Gasteiger partial charge in [-0.05, 0) is 48.6 Å². The monoisotopic (exact) mass is 553 g/mol. The quantitative estimate of drug-likeness (QED) is 0.315. The third-order valence-electron chi connectivity index (χ3n) is 6.69. The van der Waals surface area contributed by atoms with Gasteiger partial charge in [0, 0.05) is 24.2 Å². The topological polar surface area (TPSA) is 135 Å². The Balaban J connectivity index is 1.36. The van der Waals surface area contributed by atoms with Crippen LogP contribution in [-0.2, 0) is 13.0 Å². The van der Waals surface area contributed by atoms with Crippen molar-refractivity contribution in [2.45, 2.75) is 38.7 Å². The molecule has 2 aromatic heterocycles. The molecule has 0 bridgehead atoms. The number of aromatic nitrogens is 3. The largest absolute Gasteiger partial charge is 0.573 e. The molecule has 0 saturated carbocycles. The molecular weight excluding hydrogens is 531 g/mol. The van der Waals surface area contributed by atoms with E-state index in [2.05, 4.69) is 25.5 Å². The van der Waals surface area contributed by atoms with Gasteiger partial charge >= 0.3 is 12.3 Å². The van der Waals surface area contributed by atoms with Crippen molar-refractivity contribution in [3.05, 3.63) is 93.9 Å². The van der Waals surface area contributed by atoms with Gasteiger partial charge in [0.05, 0.1) is 17.8 Å². The molecule has 2 amide bonds. The van der Waals surface area contributed by atoms with E-state index >= 15 is 0 Å². The van der Waals surface area contributed by atoms with Crippen LogP contribution in [0.5, 0.6) is 5.75 Å². The Morgan fingerprint density at radius 3 is 2.65 bits per heavy atom. The molecule has 1 atom stereocenters. The Bertz CT molecular complexity index is 1650. The van der Waals surface area contributed by atoms with Crippen molar-refractivity contribution in [1.82, 2.24) is 25.2 Å². The number of carboxylic acid groups (broad SMARTS) is 1. The Hall–Kier alpha value is -4.94. The molecule has 0 radical (unpaired) electrons. The van der Waals surface area contributed by atoms with Crippen molar-refractivity contribution < 1.29 is 37.4 Å². The maximum atomic E-state index is 13.4. The first-order valence-corrected chi connectivity index (χ1v) is 12.1. The lowest BCUT2D eigenvalue weighted by Crippen LogP contribution is -2.30. The first-order valence-electron chi connectivity index (χ1n) is 12.1. The van der Waals surface area contributed by atoms with Crippen LogP contribution in [0.1, 0.15) is 66.1 Å². The molecule has 0 unspecified atom stereocenters. The van der Waals surface area contributed by atoms with E-state index in [1.165, 1.54) is 47.1 Å². The van der Waals surface area contributed by atoms with E-state index in [1.807, 2.05) is 0 Å². The second-order valence-corrected chi connectivity index (χ2v) is 9.14. The van der Waals surface area contributed by atoms with E-state index in [1.54, 1.807) is 13.0 Å². The summed E-state index contributed by atoms with van der Waals surface area (Å²) in [5, 5.41) is 19.0. The number of alkyl halides is 3. The van der Waals surface area contributed by atoms with Gasteiger partial charge in [0.25, 0.3) is 11.8 Å². The molecule has 0 saturated heterocycles. The number of hydrogen-bond acceptors (Lipinski definition) is 6. The number of aromatic carboxylic acids is 1. The van der Waals surface area contributed by atoms with Crippen molar-refractivity contribution in [2.75, 3.05) is 0 Å². The molecule has 0 aliphatic heterocycles. The fraction of sp³-hybridized carbons (Fsp3) is 0.222. The second-order valence-electron chi connectivity index (χ2n) is 9.14. The smallest absolute Gasteiger partial charge is 0.478 e. The Kier molecular flexibility index (Phi) is 6.88. The first kappa shape index (κ1) is 26.7. The molecule has 1 aliphatic rings. The number of halogens is 3. The van der Waals surface area contributed by atoms with Crippen LogP contribution in [0.2, 0.25) is 0 Å². The van der Waals surface area contributed by atoms with Gasteiger partial charge in [-0.1, -0.05) is 24.3 Å². The number of rotatable bonds is 7. The lowest BCUT2D eigenvalue weighted by molar-refractivity contribution is -0.274. The van der Waals surface area contributed by atoms with E-state index in [0.717, 1.165) is 17.2 Å². The minimum Gasteiger partial charge on any atom is -0.478 e. The molecule has 10 nitrogen and oxygen atoms in total. The van der Waals surface area contributed by atoms with Gasteiger partial charge in [0.2, 0.25) is 0 Å². The summed E-state index contributed by atoms with van der Waals surface area (Å²) in [4.78, 5) is 42.0. The van der Waals surface area contributed by atoms with Crippen LogP contribution >= 0.6 is 0 Å². The summed E-state index contributed by atoms with van der Waals surface area (Å²) in [5.41, 5.74) is 2.75. The maximum absolute atomic E-state index is 13.4. The van der Waals surface area contributed by atoms with Crippen molar-refractivity contribution in [3.8, 4) is 5.75 Å². The van der Waals surface area contributed by atoms with Gasteiger partial charge in [-0.15, -0.1) is 13.2 Å². The lowest BCUT2D eigenvalue weighted by atomic mass is 9.98. The molecule has 40 heavy (non-hydrogen) atoms. The standard InChI is InChI=1S/C27H22F3N5O5/c1-14-16-8-9-19(18(16)7-6-17(14)26(38)39)34-25(37)21-12-20(33-23-10-11-32-35(21)23)24(36)31-13-15-4-2-3-5-22(15)40-27(28,29)30/h2-7,10-12,19H,8-9,13H2,1H3,(H,31,36)(H,34,37)(H,38,39)/t19-/m0/s1. The van der Waals surface area contributed by atoms with Crippen LogP contribution < -0.4 is 15.4 Å². The molecule has 4 aromatic rings. The number of benzene rings is 2. The summed E-state index contributed by atoms with van der Waals surface area (Å²) in [5.74, 6) is -2.72. The van der Waals surface area contributed by atoms with E-state index in [4.69, 9.17) is 0 Å². The van der Waals surface area contributed by atoms with Crippen LogP contribution in [0.3, 0.4) is 0 Å². The number of carboxylic acids is 1. The van der Waals surface area contributed by atoms with E-state index in [0.29, 0.717) is 18.4 Å². The SMILES string of the molecule is Cc1c(C(=O)O)ccc2c1CC[C@@H]2NC(=O)c1cc(C(=O)NCc2ccccc2OC(F)(F)F)nc2ccnn12. The summed E-state index contributed by atoms with van der Waals surface area (Å²) >= 11 is 0. The molecule has 2 heterocycles. The fourth-order valence-electron chi connectivity index (χ4n) is 4.83. The van der Waals surface area contributed by atoms with Gasteiger partial charge in [0.1, 0.15) is 17.1 Å². The van der Waals surface area contributed by atoms with E-state index in [9.17, 15) is 32.7 Å². The highest BCUT2D eigenvalue weighted by molar-refractivity contribution is 5.98. The van der Waals surface area contributed by atoms with Crippen molar-refractivity contribution in [1.29, 1.82) is 0 Å². The van der Waals surface area contributed by atoms with Gasteiger partial charge in [-0.25, -0.2) is 14.3 Å². The average molecular weight is 553 g/mol. The normalized spacial score (nSPS) is 14.6. The van der Waals surface area contributed by atoms with Gasteiger partial charge in [0.15, 0.2) is 5.65 Å². The van der Waals surface area contributed by atoms with Gasteiger partial charge in [-0.2, -0.15) is 5.10 Å². The molecule has 5 rings (SSSR count). The number of ether oxygens (including phenoxy) is 1. The number of fused-ring (bicyclic) bond motifs is 2. The van der Waals surface area contributed by atoms with Crippen molar-refractivity contribution in [2.24, 2.45) is 0 Å².